The van der Waals surface area contributed by atoms with Crippen LogP contribution in [0.2, 0.25) is 0 Å². The maximum Gasteiger partial charge on any atom is 0.304 e. The Kier molecular flexibility index (Phi) is 7.70. The van der Waals surface area contributed by atoms with Gasteiger partial charge in [-0.2, -0.15) is 0 Å². The summed E-state index contributed by atoms with van der Waals surface area (Å²) in [6.07, 6.45) is -0.665. The minimum absolute atomic E-state index is 0.0795. The molecule has 0 unspecified atom stereocenters. The van der Waals surface area contributed by atoms with Crippen molar-refractivity contribution >= 4 is 17.9 Å². The second-order valence-corrected chi connectivity index (χ2v) is 3.15. The fourth-order valence-electron chi connectivity index (χ4n) is 0.778. The molecule has 0 aromatic heterocycles. The van der Waals surface area contributed by atoms with Gasteiger partial charge in [-0.15, -0.1) is 0 Å². The molecule has 0 aliphatic rings. The first-order chi connectivity index (χ1) is 7.91. The van der Waals surface area contributed by atoms with Gasteiger partial charge in [0.1, 0.15) is 19.3 Å². The van der Waals surface area contributed by atoms with E-state index in [1.54, 1.807) is 0 Å². The van der Waals surface area contributed by atoms with Crippen LogP contribution >= 0.6 is 0 Å². The number of hydrogen-bond acceptors (Lipinski definition) is 7. The maximum absolute atomic E-state index is 10.6. The molecular formula is C10H16O7. The van der Waals surface area contributed by atoms with E-state index in [1.807, 2.05) is 0 Å². The molecule has 0 heterocycles. The molecule has 0 N–H and O–H groups in total. The standard InChI is InChI=1S/C10H16O7/c1-7(11)14-4-10(5-15-8(2)12)17-6-16-9(3)13/h10H,4-6H2,1-3H3. The highest BCUT2D eigenvalue weighted by atomic mass is 16.7. The SMILES string of the molecule is CC(=O)OCOC(COC(C)=O)COC(C)=O. The average molecular weight is 248 g/mol. The summed E-state index contributed by atoms with van der Waals surface area (Å²) in [6, 6.07) is 0. The fraction of sp³-hybridized carbons (Fsp3) is 0.700. The number of carbonyl (C=O) groups is 3. The van der Waals surface area contributed by atoms with Gasteiger partial charge < -0.3 is 18.9 Å². The molecule has 17 heavy (non-hydrogen) atoms. The van der Waals surface area contributed by atoms with E-state index in [1.165, 1.54) is 20.8 Å². The minimum atomic E-state index is -0.665. The molecule has 0 saturated carbocycles. The van der Waals surface area contributed by atoms with E-state index < -0.39 is 24.0 Å². The van der Waals surface area contributed by atoms with Crippen LogP contribution in [0.4, 0.5) is 0 Å². The summed E-state index contributed by atoms with van der Waals surface area (Å²) in [7, 11) is 0. The number of ether oxygens (including phenoxy) is 4. The Morgan fingerprint density at radius 1 is 0.824 bits per heavy atom. The highest BCUT2D eigenvalue weighted by molar-refractivity contribution is 5.66. The van der Waals surface area contributed by atoms with Crippen molar-refractivity contribution in [2.24, 2.45) is 0 Å². The van der Waals surface area contributed by atoms with Gasteiger partial charge in [0.25, 0.3) is 0 Å². The summed E-state index contributed by atoms with van der Waals surface area (Å²) in [5.41, 5.74) is 0. The van der Waals surface area contributed by atoms with Gasteiger partial charge >= 0.3 is 17.9 Å². The van der Waals surface area contributed by atoms with Crippen molar-refractivity contribution < 1.29 is 33.3 Å². The molecule has 98 valence electrons. The highest BCUT2D eigenvalue weighted by Gasteiger charge is 2.13. The predicted octanol–water partition coefficient (Wildman–Crippen LogP) is 0.0184. The summed E-state index contributed by atoms with van der Waals surface area (Å²) >= 11 is 0. The molecule has 0 radical (unpaired) electrons. The van der Waals surface area contributed by atoms with E-state index in [0.29, 0.717) is 0 Å². The smallest absolute Gasteiger partial charge is 0.304 e. The van der Waals surface area contributed by atoms with Crippen LogP contribution in [-0.4, -0.2) is 44.0 Å². The van der Waals surface area contributed by atoms with Crippen LogP contribution in [-0.2, 0) is 33.3 Å². The first-order valence-electron chi connectivity index (χ1n) is 4.93. The Hall–Kier alpha value is -1.63. The zero-order chi connectivity index (χ0) is 13.3. The van der Waals surface area contributed by atoms with Gasteiger partial charge in [-0.1, -0.05) is 0 Å². The monoisotopic (exact) mass is 248 g/mol. The van der Waals surface area contributed by atoms with Gasteiger partial charge in [0.05, 0.1) is 0 Å². The topological polar surface area (TPSA) is 88.1 Å². The van der Waals surface area contributed by atoms with E-state index in [9.17, 15) is 14.4 Å². The summed E-state index contributed by atoms with van der Waals surface area (Å²) < 4.78 is 19.0. The maximum atomic E-state index is 10.6. The molecular weight excluding hydrogens is 232 g/mol. The molecule has 0 spiro atoms. The van der Waals surface area contributed by atoms with E-state index in [2.05, 4.69) is 4.74 Å². The third kappa shape index (κ3) is 10.6. The van der Waals surface area contributed by atoms with E-state index in [-0.39, 0.29) is 20.0 Å². The van der Waals surface area contributed by atoms with Crippen LogP contribution in [0.15, 0.2) is 0 Å². The van der Waals surface area contributed by atoms with Gasteiger partial charge in [0, 0.05) is 20.8 Å². The lowest BCUT2D eigenvalue weighted by molar-refractivity contribution is -0.172. The largest absolute Gasteiger partial charge is 0.463 e. The normalized spacial score (nSPS) is 9.88. The van der Waals surface area contributed by atoms with Crippen molar-refractivity contribution in [3.63, 3.8) is 0 Å². The first-order valence-corrected chi connectivity index (χ1v) is 4.93. The molecule has 0 aliphatic carbocycles. The molecule has 0 aromatic carbocycles. The molecule has 0 rings (SSSR count). The molecule has 7 nitrogen and oxygen atoms in total. The average Bonchev–Trinajstić information content (AvgIpc) is 2.20. The number of esters is 3. The Balaban J connectivity index is 3.95. The molecule has 7 heteroatoms. The van der Waals surface area contributed by atoms with E-state index in [0.717, 1.165) is 0 Å². The Bertz CT molecular complexity index is 256. The Morgan fingerprint density at radius 3 is 1.59 bits per heavy atom. The quantitative estimate of drug-likeness (QED) is 0.356. The fourth-order valence-corrected chi connectivity index (χ4v) is 0.778. The molecule has 0 amide bonds. The van der Waals surface area contributed by atoms with E-state index >= 15 is 0 Å². The lowest BCUT2D eigenvalue weighted by atomic mass is 10.4. The van der Waals surface area contributed by atoms with Crippen molar-refractivity contribution in [3.8, 4) is 0 Å². The third-order valence-electron chi connectivity index (χ3n) is 1.51. The van der Waals surface area contributed by atoms with Crippen molar-refractivity contribution in [2.45, 2.75) is 26.9 Å². The summed E-state index contributed by atoms with van der Waals surface area (Å²) in [6.45, 7) is 3.27. The van der Waals surface area contributed by atoms with Crippen LogP contribution in [0.25, 0.3) is 0 Å². The lowest BCUT2D eigenvalue weighted by Crippen LogP contribution is -2.29. The predicted molar refractivity (Wildman–Crippen MR) is 54.8 cm³/mol. The van der Waals surface area contributed by atoms with Crippen LogP contribution in [0.5, 0.6) is 0 Å². The van der Waals surface area contributed by atoms with Gasteiger partial charge in [0.2, 0.25) is 0 Å². The second kappa shape index (κ2) is 8.51. The van der Waals surface area contributed by atoms with Crippen molar-refractivity contribution in [1.82, 2.24) is 0 Å². The van der Waals surface area contributed by atoms with Crippen LogP contribution in [0.3, 0.4) is 0 Å². The molecule has 0 aliphatic heterocycles. The Labute approximate surface area is 99.0 Å². The van der Waals surface area contributed by atoms with Gasteiger partial charge in [0.15, 0.2) is 6.79 Å². The van der Waals surface area contributed by atoms with Crippen LogP contribution in [0, 0.1) is 0 Å². The highest BCUT2D eigenvalue weighted by Crippen LogP contribution is 1.97. The molecule has 0 aromatic rings. The van der Waals surface area contributed by atoms with Crippen molar-refractivity contribution in [1.29, 1.82) is 0 Å². The van der Waals surface area contributed by atoms with Gasteiger partial charge in [-0.05, 0) is 0 Å². The zero-order valence-corrected chi connectivity index (χ0v) is 10.1. The summed E-state index contributed by atoms with van der Waals surface area (Å²) in [5.74, 6) is -1.45. The van der Waals surface area contributed by atoms with E-state index in [4.69, 9.17) is 14.2 Å². The van der Waals surface area contributed by atoms with Crippen molar-refractivity contribution in [3.05, 3.63) is 0 Å². The summed E-state index contributed by atoms with van der Waals surface area (Å²) in [4.78, 5) is 31.7. The third-order valence-corrected chi connectivity index (χ3v) is 1.51. The molecule has 0 bridgehead atoms. The minimum Gasteiger partial charge on any atom is -0.463 e. The van der Waals surface area contributed by atoms with Crippen LogP contribution in [0.1, 0.15) is 20.8 Å². The zero-order valence-electron chi connectivity index (χ0n) is 10.1. The lowest BCUT2D eigenvalue weighted by Gasteiger charge is -2.16. The second-order valence-electron chi connectivity index (χ2n) is 3.15. The number of hydrogen-bond donors (Lipinski definition) is 0. The van der Waals surface area contributed by atoms with Crippen molar-refractivity contribution in [2.75, 3.05) is 20.0 Å². The first kappa shape index (κ1) is 15.4. The number of carbonyl (C=O) groups excluding carboxylic acids is 3. The Morgan fingerprint density at radius 2 is 1.24 bits per heavy atom. The summed E-state index contributed by atoms with van der Waals surface area (Å²) in [5, 5.41) is 0. The number of rotatable bonds is 7. The molecule has 0 fully saturated rings. The van der Waals surface area contributed by atoms with Gasteiger partial charge in [-0.3, -0.25) is 14.4 Å². The molecule has 0 saturated heterocycles. The molecule has 0 atom stereocenters. The van der Waals surface area contributed by atoms with Crippen LogP contribution < -0.4 is 0 Å². The van der Waals surface area contributed by atoms with Gasteiger partial charge in [-0.25, -0.2) is 0 Å².